The summed E-state index contributed by atoms with van der Waals surface area (Å²) in [4.78, 5) is 21.1. The number of aromatic nitrogens is 2. The maximum Gasteiger partial charge on any atom is 0.345 e. The summed E-state index contributed by atoms with van der Waals surface area (Å²) < 4.78 is 11.2. The van der Waals surface area contributed by atoms with E-state index in [0.717, 1.165) is 16.7 Å². The second-order valence-electron chi connectivity index (χ2n) is 7.00. The van der Waals surface area contributed by atoms with Crippen molar-refractivity contribution in [1.82, 2.24) is 9.97 Å². The molecule has 0 radical (unpaired) electrons. The van der Waals surface area contributed by atoms with Crippen LogP contribution in [0.5, 0.6) is 11.6 Å². The number of nitrogens with zero attached hydrogens (tertiary/aromatic N) is 4. The number of nitriles is 2. The maximum absolute atomic E-state index is 12.5. The molecule has 0 bridgehead atoms. The summed E-state index contributed by atoms with van der Waals surface area (Å²) in [7, 11) is 0. The first-order valence-electron chi connectivity index (χ1n) is 10.1. The van der Waals surface area contributed by atoms with E-state index in [1.54, 1.807) is 37.3 Å². The molecule has 0 aliphatic carbocycles. The maximum atomic E-state index is 12.5. The van der Waals surface area contributed by atoms with Crippen molar-refractivity contribution in [3.8, 4) is 23.8 Å². The summed E-state index contributed by atoms with van der Waals surface area (Å²) in [5.74, 6) is 0.205. The molecule has 33 heavy (non-hydrogen) atoms. The minimum atomic E-state index is -0.596. The monoisotopic (exact) mass is 439 g/mol. The highest BCUT2D eigenvalue weighted by Gasteiger charge is 2.20. The Morgan fingerprint density at radius 1 is 1.15 bits per heavy atom. The largest absolute Gasteiger partial charge is 0.462 e. The van der Waals surface area contributed by atoms with Crippen molar-refractivity contribution in [2.45, 2.75) is 20.8 Å². The van der Waals surface area contributed by atoms with E-state index in [9.17, 15) is 4.79 Å². The Kier molecular flexibility index (Phi) is 7.35. The molecular weight excluding hydrogens is 418 g/mol. The number of hydrogen-bond acceptors (Lipinski definition) is 8. The van der Waals surface area contributed by atoms with Crippen LogP contribution in [0.3, 0.4) is 0 Å². The van der Waals surface area contributed by atoms with Gasteiger partial charge in [0.2, 0.25) is 11.8 Å². The molecule has 0 amide bonds. The number of esters is 1. The van der Waals surface area contributed by atoms with Gasteiger partial charge in [0, 0.05) is 11.8 Å². The molecule has 164 valence electrons. The van der Waals surface area contributed by atoms with Gasteiger partial charge in [0.25, 0.3) is 0 Å². The molecule has 0 aliphatic heterocycles. The van der Waals surface area contributed by atoms with Crippen molar-refractivity contribution in [3.63, 3.8) is 0 Å². The van der Waals surface area contributed by atoms with Crippen LogP contribution in [-0.2, 0) is 4.74 Å². The molecule has 1 N–H and O–H groups in total. The average Bonchev–Trinajstić information content (AvgIpc) is 2.81. The fraction of sp³-hybridized carbons (Fsp3) is 0.160. The SMILES string of the molecule is CCOC(=O)c1cnc(Nc2ccc(C#N)cc2)nc1Oc1c(C)cc(/C=C/C#N)cc1C. The molecule has 0 spiro atoms. The van der Waals surface area contributed by atoms with Crippen LogP contribution >= 0.6 is 0 Å². The minimum Gasteiger partial charge on any atom is -0.462 e. The van der Waals surface area contributed by atoms with E-state index in [0.29, 0.717) is 17.0 Å². The number of carbonyl (C=O) groups is 1. The summed E-state index contributed by atoms with van der Waals surface area (Å²) in [6, 6.07) is 14.6. The zero-order chi connectivity index (χ0) is 23.8. The van der Waals surface area contributed by atoms with E-state index in [-0.39, 0.29) is 24.0 Å². The molecule has 1 aromatic heterocycles. The Labute approximate surface area is 191 Å². The van der Waals surface area contributed by atoms with Gasteiger partial charge in [-0.15, -0.1) is 0 Å². The van der Waals surface area contributed by atoms with Crippen molar-refractivity contribution in [2.24, 2.45) is 0 Å². The Bertz CT molecular complexity index is 1260. The molecule has 0 unspecified atom stereocenters. The summed E-state index contributed by atoms with van der Waals surface area (Å²) in [5.41, 5.74) is 3.77. The predicted octanol–water partition coefficient (Wildman–Crippen LogP) is 5.21. The first-order valence-corrected chi connectivity index (χ1v) is 10.1. The second-order valence-corrected chi connectivity index (χ2v) is 7.00. The van der Waals surface area contributed by atoms with Crippen LogP contribution in [0.15, 0.2) is 48.7 Å². The van der Waals surface area contributed by atoms with Crippen molar-refractivity contribution in [3.05, 3.63) is 76.5 Å². The summed E-state index contributed by atoms with van der Waals surface area (Å²) in [6.45, 7) is 5.64. The van der Waals surface area contributed by atoms with Crippen molar-refractivity contribution >= 4 is 23.7 Å². The smallest absolute Gasteiger partial charge is 0.345 e. The van der Waals surface area contributed by atoms with Gasteiger partial charge in [-0.25, -0.2) is 9.78 Å². The molecule has 3 rings (SSSR count). The fourth-order valence-corrected chi connectivity index (χ4v) is 3.08. The van der Waals surface area contributed by atoms with Gasteiger partial charge in [-0.05, 0) is 79.9 Å². The molecule has 0 atom stereocenters. The Morgan fingerprint density at radius 3 is 2.45 bits per heavy atom. The molecular formula is C25H21N5O3. The minimum absolute atomic E-state index is 0.0473. The average molecular weight is 439 g/mol. The lowest BCUT2D eigenvalue weighted by atomic mass is 10.1. The van der Waals surface area contributed by atoms with Gasteiger partial charge in [-0.2, -0.15) is 15.5 Å². The molecule has 0 saturated carbocycles. The molecule has 8 nitrogen and oxygen atoms in total. The number of aryl methyl sites for hydroxylation is 2. The number of allylic oxidation sites excluding steroid dienone is 1. The third-order valence-electron chi connectivity index (χ3n) is 4.55. The number of carbonyl (C=O) groups excluding carboxylic acids is 1. The molecule has 8 heteroatoms. The van der Waals surface area contributed by atoms with Gasteiger partial charge in [-0.3, -0.25) is 0 Å². The van der Waals surface area contributed by atoms with Gasteiger partial charge < -0.3 is 14.8 Å². The van der Waals surface area contributed by atoms with Crippen molar-refractivity contribution in [2.75, 3.05) is 11.9 Å². The first kappa shape index (κ1) is 23.0. The Hall–Kier alpha value is -4.69. The first-order chi connectivity index (χ1) is 15.9. The van der Waals surface area contributed by atoms with Crippen LogP contribution in [0.25, 0.3) is 6.08 Å². The van der Waals surface area contributed by atoms with Crippen LogP contribution < -0.4 is 10.1 Å². The Balaban J connectivity index is 1.98. The van der Waals surface area contributed by atoms with E-state index < -0.39 is 5.97 Å². The van der Waals surface area contributed by atoms with E-state index in [2.05, 4.69) is 21.4 Å². The molecule has 1 heterocycles. The number of nitrogens with one attached hydrogen (secondary N) is 1. The van der Waals surface area contributed by atoms with Crippen LogP contribution in [0.4, 0.5) is 11.6 Å². The quantitative estimate of drug-likeness (QED) is 0.393. The number of hydrogen-bond donors (Lipinski definition) is 1. The number of anilines is 2. The second kappa shape index (κ2) is 10.6. The molecule has 2 aromatic carbocycles. The van der Waals surface area contributed by atoms with Crippen molar-refractivity contribution in [1.29, 1.82) is 10.5 Å². The van der Waals surface area contributed by atoms with Crippen LogP contribution in [-0.4, -0.2) is 22.5 Å². The normalized spacial score (nSPS) is 10.3. The highest BCUT2D eigenvalue weighted by Crippen LogP contribution is 2.32. The van der Waals surface area contributed by atoms with E-state index in [1.165, 1.54) is 12.3 Å². The summed E-state index contributed by atoms with van der Waals surface area (Å²) in [5, 5.41) is 20.7. The van der Waals surface area contributed by atoms with Crippen molar-refractivity contribution < 1.29 is 14.3 Å². The lowest BCUT2D eigenvalue weighted by molar-refractivity contribution is 0.0522. The lowest BCUT2D eigenvalue weighted by Gasteiger charge is -2.15. The van der Waals surface area contributed by atoms with Crippen LogP contribution in [0.2, 0.25) is 0 Å². The highest BCUT2D eigenvalue weighted by atomic mass is 16.5. The Morgan fingerprint density at radius 2 is 1.85 bits per heavy atom. The van der Waals surface area contributed by atoms with E-state index in [4.69, 9.17) is 20.0 Å². The number of ether oxygens (including phenoxy) is 2. The summed E-state index contributed by atoms with van der Waals surface area (Å²) in [6.07, 6.45) is 4.46. The van der Waals surface area contributed by atoms with Gasteiger partial charge in [0.05, 0.1) is 30.5 Å². The van der Waals surface area contributed by atoms with E-state index >= 15 is 0 Å². The van der Waals surface area contributed by atoms with Gasteiger partial charge in [0.1, 0.15) is 11.3 Å². The highest BCUT2D eigenvalue weighted by molar-refractivity contribution is 5.91. The molecule has 3 aromatic rings. The standard InChI is InChI=1S/C25H21N5O3/c1-4-32-24(31)21-15-28-25(29-20-9-7-18(14-27)8-10-20)30-23(21)33-22-16(2)12-19(6-5-11-26)13-17(22)3/h5-10,12-13,15H,4H2,1-3H3,(H,28,29,30)/b6-5+. The lowest BCUT2D eigenvalue weighted by Crippen LogP contribution is -2.10. The van der Waals surface area contributed by atoms with Gasteiger partial charge in [0.15, 0.2) is 0 Å². The fourth-order valence-electron chi connectivity index (χ4n) is 3.08. The van der Waals surface area contributed by atoms with Gasteiger partial charge >= 0.3 is 5.97 Å². The number of rotatable bonds is 7. The molecule has 0 saturated heterocycles. The third-order valence-corrected chi connectivity index (χ3v) is 4.55. The third kappa shape index (κ3) is 5.72. The number of benzene rings is 2. The zero-order valence-electron chi connectivity index (χ0n) is 18.4. The predicted molar refractivity (Wildman–Crippen MR) is 123 cm³/mol. The zero-order valence-corrected chi connectivity index (χ0v) is 18.4. The molecule has 0 fully saturated rings. The van der Waals surface area contributed by atoms with Crippen LogP contribution in [0.1, 0.15) is 39.5 Å². The van der Waals surface area contributed by atoms with Gasteiger partial charge in [-0.1, -0.05) is 0 Å². The topological polar surface area (TPSA) is 121 Å². The van der Waals surface area contributed by atoms with E-state index in [1.807, 2.05) is 32.0 Å². The molecule has 0 aliphatic rings. The van der Waals surface area contributed by atoms with Crippen LogP contribution in [0, 0.1) is 36.5 Å². The summed E-state index contributed by atoms with van der Waals surface area (Å²) >= 11 is 0.